The Balaban J connectivity index is 1.77. The Bertz CT molecular complexity index is 582. The number of amides is 1. The number of aliphatic hydroxyl groups excluding tert-OH is 1. The topological polar surface area (TPSA) is 40.5 Å². The number of nitrogens with zero attached hydrogens (tertiary/aromatic N) is 1. The Morgan fingerprint density at radius 1 is 0.950 bits per heavy atom. The third-order valence-corrected chi connectivity index (χ3v) is 3.88. The van der Waals surface area contributed by atoms with Gasteiger partial charge in [0.25, 0.3) is 0 Å². The molecule has 1 aliphatic rings. The average Bonchev–Trinajstić information content (AvgIpc) is 2.51. The SMILES string of the molecule is O=C1[C@H](c2ccccc2)[C@@H](CO)N1Cc1ccccc1. The average molecular weight is 267 g/mol. The molecular formula is C17H17NO2. The van der Waals surface area contributed by atoms with Gasteiger partial charge in [0.1, 0.15) is 0 Å². The Hall–Kier alpha value is -2.13. The first-order chi connectivity index (χ1) is 9.81. The van der Waals surface area contributed by atoms with E-state index in [1.807, 2.05) is 60.7 Å². The summed E-state index contributed by atoms with van der Waals surface area (Å²) in [5, 5.41) is 9.59. The summed E-state index contributed by atoms with van der Waals surface area (Å²) < 4.78 is 0. The molecule has 0 radical (unpaired) electrons. The van der Waals surface area contributed by atoms with Crippen LogP contribution < -0.4 is 0 Å². The zero-order valence-electron chi connectivity index (χ0n) is 11.1. The fourth-order valence-corrected chi connectivity index (χ4v) is 2.81. The Labute approximate surface area is 118 Å². The van der Waals surface area contributed by atoms with Crippen LogP contribution in [0.4, 0.5) is 0 Å². The number of β-lactam (4-membered cyclic amide) rings is 1. The molecule has 0 saturated carbocycles. The lowest BCUT2D eigenvalue weighted by Crippen LogP contribution is -2.60. The summed E-state index contributed by atoms with van der Waals surface area (Å²) in [6.45, 7) is 0.562. The van der Waals surface area contributed by atoms with Crippen LogP contribution in [0.2, 0.25) is 0 Å². The fourth-order valence-electron chi connectivity index (χ4n) is 2.81. The summed E-state index contributed by atoms with van der Waals surface area (Å²) in [6.07, 6.45) is 0. The summed E-state index contributed by atoms with van der Waals surface area (Å²) in [7, 11) is 0. The first kappa shape index (κ1) is 12.9. The molecule has 1 heterocycles. The van der Waals surface area contributed by atoms with Crippen molar-refractivity contribution in [3.8, 4) is 0 Å². The van der Waals surface area contributed by atoms with Gasteiger partial charge in [-0.25, -0.2) is 0 Å². The zero-order valence-corrected chi connectivity index (χ0v) is 11.1. The van der Waals surface area contributed by atoms with Gasteiger partial charge in [0, 0.05) is 6.54 Å². The summed E-state index contributed by atoms with van der Waals surface area (Å²) in [4.78, 5) is 14.1. The van der Waals surface area contributed by atoms with Gasteiger partial charge >= 0.3 is 0 Å². The first-order valence-corrected chi connectivity index (χ1v) is 6.81. The maximum atomic E-state index is 12.4. The monoisotopic (exact) mass is 267 g/mol. The smallest absolute Gasteiger partial charge is 0.232 e. The quantitative estimate of drug-likeness (QED) is 0.863. The van der Waals surface area contributed by atoms with E-state index in [0.29, 0.717) is 6.54 Å². The lowest BCUT2D eigenvalue weighted by atomic mass is 9.81. The number of rotatable bonds is 4. The molecule has 2 aromatic carbocycles. The Kier molecular flexibility index (Phi) is 3.52. The summed E-state index contributed by atoms with van der Waals surface area (Å²) >= 11 is 0. The van der Waals surface area contributed by atoms with E-state index in [9.17, 15) is 9.90 Å². The van der Waals surface area contributed by atoms with Gasteiger partial charge in [-0.05, 0) is 11.1 Å². The van der Waals surface area contributed by atoms with Crippen molar-refractivity contribution < 1.29 is 9.90 Å². The molecule has 0 spiro atoms. The predicted molar refractivity (Wildman–Crippen MR) is 77.0 cm³/mol. The minimum Gasteiger partial charge on any atom is -0.394 e. The van der Waals surface area contributed by atoms with Gasteiger partial charge in [-0.3, -0.25) is 4.79 Å². The van der Waals surface area contributed by atoms with E-state index >= 15 is 0 Å². The molecule has 0 unspecified atom stereocenters. The Morgan fingerprint density at radius 3 is 2.15 bits per heavy atom. The van der Waals surface area contributed by atoms with Gasteiger partial charge in [-0.2, -0.15) is 0 Å². The van der Waals surface area contributed by atoms with Crippen molar-refractivity contribution in [2.24, 2.45) is 0 Å². The summed E-state index contributed by atoms with van der Waals surface area (Å²) in [5.74, 6) is -0.107. The highest BCUT2D eigenvalue weighted by Crippen LogP contribution is 2.36. The molecule has 1 saturated heterocycles. The summed E-state index contributed by atoms with van der Waals surface area (Å²) in [5.41, 5.74) is 2.08. The molecule has 3 rings (SSSR count). The predicted octanol–water partition coefficient (Wildman–Crippen LogP) is 2.17. The highest BCUT2D eigenvalue weighted by Gasteiger charge is 2.47. The molecule has 2 aromatic rings. The van der Waals surface area contributed by atoms with Crippen LogP contribution in [0.5, 0.6) is 0 Å². The molecule has 20 heavy (non-hydrogen) atoms. The second kappa shape index (κ2) is 5.47. The normalized spacial score (nSPS) is 21.6. The molecule has 0 aliphatic carbocycles. The molecule has 0 bridgehead atoms. The van der Waals surface area contributed by atoms with Gasteiger partial charge in [-0.15, -0.1) is 0 Å². The highest BCUT2D eigenvalue weighted by molar-refractivity contribution is 5.91. The van der Waals surface area contributed by atoms with E-state index in [1.54, 1.807) is 4.90 Å². The van der Waals surface area contributed by atoms with E-state index in [2.05, 4.69) is 0 Å². The van der Waals surface area contributed by atoms with Crippen molar-refractivity contribution in [1.82, 2.24) is 4.90 Å². The van der Waals surface area contributed by atoms with Crippen LogP contribution in [0.25, 0.3) is 0 Å². The number of carbonyl (C=O) groups is 1. The zero-order chi connectivity index (χ0) is 13.9. The van der Waals surface area contributed by atoms with Gasteiger partial charge in [-0.1, -0.05) is 60.7 Å². The molecule has 3 heteroatoms. The second-order valence-electron chi connectivity index (χ2n) is 5.09. The maximum Gasteiger partial charge on any atom is 0.232 e. The molecule has 2 atom stereocenters. The van der Waals surface area contributed by atoms with Crippen molar-refractivity contribution >= 4 is 5.91 Å². The fraction of sp³-hybridized carbons (Fsp3) is 0.235. The van der Waals surface area contributed by atoms with Gasteiger partial charge in [0.2, 0.25) is 5.91 Å². The minimum atomic E-state index is -0.204. The second-order valence-corrected chi connectivity index (χ2v) is 5.09. The van der Waals surface area contributed by atoms with Crippen molar-refractivity contribution in [3.05, 3.63) is 71.8 Å². The third kappa shape index (κ3) is 2.21. The molecule has 1 amide bonds. The molecule has 102 valence electrons. The molecule has 0 aromatic heterocycles. The van der Waals surface area contributed by atoms with Gasteiger partial charge < -0.3 is 10.0 Å². The largest absolute Gasteiger partial charge is 0.394 e. The van der Waals surface area contributed by atoms with E-state index in [-0.39, 0.29) is 24.5 Å². The van der Waals surface area contributed by atoms with E-state index in [4.69, 9.17) is 0 Å². The molecular weight excluding hydrogens is 250 g/mol. The molecule has 3 nitrogen and oxygen atoms in total. The third-order valence-electron chi connectivity index (χ3n) is 3.88. The summed E-state index contributed by atoms with van der Waals surface area (Å²) in [6, 6.07) is 19.4. The van der Waals surface area contributed by atoms with Crippen molar-refractivity contribution in [3.63, 3.8) is 0 Å². The van der Waals surface area contributed by atoms with Crippen molar-refractivity contribution in [2.75, 3.05) is 6.61 Å². The Morgan fingerprint density at radius 2 is 1.55 bits per heavy atom. The van der Waals surface area contributed by atoms with Crippen LogP contribution in [0.15, 0.2) is 60.7 Å². The van der Waals surface area contributed by atoms with E-state index < -0.39 is 0 Å². The van der Waals surface area contributed by atoms with Crippen molar-refractivity contribution in [2.45, 2.75) is 18.5 Å². The van der Waals surface area contributed by atoms with E-state index in [1.165, 1.54) is 0 Å². The number of aliphatic hydroxyl groups is 1. The molecule has 1 N–H and O–H groups in total. The number of hydrogen-bond donors (Lipinski definition) is 1. The van der Waals surface area contributed by atoms with Crippen molar-refractivity contribution in [1.29, 1.82) is 0 Å². The lowest BCUT2D eigenvalue weighted by molar-refractivity contribution is -0.153. The lowest BCUT2D eigenvalue weighted by Gasteiger charge is -2.46. The standard InChI is InChI=1S/C17H17NO2/c19-12-15-16(14-9-5-2-6-10-14)17(20)18(15)11-13-7-3-1-4-8-13/h1-10,15-16,19H,11-12H2/t15-,16-/m1/s1. The minimum absolute atomic E-state index is 0.00185. The van der Waals surface area contributed by atoms with Crippen LogP contribution >= 0.6 is 0 Å². The number of likely N-dealkylation sites (tertiary alicyclic amines) is 1. The van der Waals surface area contributed by atoms with Crippen LogP contribution in [-0.2, 0) is 11.3 Å². The number of benzene rings is 2. The van der Waals surface area contributed by atoms with Crippen LogP contribution in [0.3, 0.4) is 0 Å². The molecule has 1 aliphatic heterocycles. The molecule has 1 fully saturated rings. The van der Waals surface area contributed by atoms with Gasteiger partial charge in [0.05, 0.1) is 18.6 Å². The van der Waals surface area contributed by atoms with Crippen LogP contribution in [0.1, 0.15) is 17.0 Å². The van der Waals surface area contributed by atoms with Gasteiger partial charge in [0.15, 0.2) is 0 Å². The van der Waals surface area contributed by atoms with Crippen LogP contribution in [0, 0.1) is 0 Å². The number of carbonyl (C=O) groups excluding carboxylic acids is 1. The maximum absolute atomic E-state index is 12.4. The van der Waals surface area contributed by atoms with Crippen LogP contribution in [-0.4, -0.2) is 28.6 Å². The number of hydrogen-bond acceptors (Lipinski definition) is 2. The van der Waals surface area contributed by atoms with E-state index in [0.717, 1.165) is 11.1 Å². The highest BCUT2D eigenvalue weighted by atomic mass is 16.3. The first-order valence-electron chi connectivity index (χ1n) is 6.81.